The van der Waals surface area contributed by atoms with Crippen molar-refractivity contribution in [3.05, 3.63) is 63.7 Å². The van der Waals surface area contributed by atoms with E-state index in [2.05, 4.69) is 15.3 Å². The van der Waals surface area contributed by atoms with E-state index in [0.29, 0.717) is 28.3 Å². The molecule has 6 nitrogen and oxygen atoms in total. The lowest BCUT2D eigenvalue weighted by molar-refractivity contribution is -0.885. The Morgan fingerprint density at radius 3 is 2.85 bits per heavy atom. The van der Waals surface area contributed by atoms with Crippen molar-refractivity contribution in [1.29, 1.82) is 0 Å². The second-order valence-corrected chi connectivity index (χ2v) is 7.52. The Bertz CT molecular complexity index is 1040. The second-order valence-electron chi connectivity index (χ2n) is 6.23. The van der Waals surface area contributed by atoms with Crippen molar-refractivity contribution in [3.63, 3.8) is 0 Å². The van der Waals surface area contributed by atoms with Crippen LogP contribution in [0.3, 0.4) is 0 Å². The van der Waals surface area contributed by atoms with Crippen molar-refractivity contribution < 1.29 is 9.69 Å². The number of hydrogen-bond donors (Lipinski definition) is 3. The van der Waals surface area contributed by atoms with Crippen LogP contribution >= 0.6 is 23.4 Å². The average Bonchev–Trinajstić information content (AvgIpc) is 2.61. The summed E-state index contributed by atoms with van der Waals surface area (Å²) >= 11 is 7.57. The summed E-state index contributed by atoms with van der Waals surface area (Å²) in [5.74, 6) is 0.421. The lowest BCUT2D eigenvalue weighted by atomic mass is 10.2. The molecular weight excluding hydrogens is 384 g/mol. The van der Waals surface area contributed by atoms with Crippen LogP contribution in [0.15, 0.2) is 52.2 Å². The van der Waals surface area contributed by atoms with Crippen molar-refractivity contribution in [2.75, 3.05) is 25.2 Å². The zero-order chi connectivity index (χ0) is 19.4. The standard InChI is InChI=1S/C19H19ClN4O2S/c1-24(11-18(25)22-14-5-3-4-6-16(14)27-2)10-17-21-15-9-12(20)7-8-13(15)19(26)23-17/h3-9H,10-11H2,1-2H3,(H,22,25)(H,21,23,26)/p+1. The van der Waals surface area contributed by atoms with Gasteiger partial charge in [-0.2, -0.15) is 0 Å². The summed E-state index contributed by atoms with van der Waals surface area (Å²) in [5.41, 5.74) is 1.14. The summed E-state index contributed by atoms with van der Waals surface area (Å²) in [7, 11) is 1.88. The molecule has 1 heterocycles. The van der Waals surface area contributed by atoms with Crippen molar-refractivity contribution in [1.82, 2.24) is 9.97 Å². The fourth-order valence-electron chi connectivity index (χ4n) is 2.81. The van der Waals surface area contributed by atoms with Crippen molar-refractivity contribution in [2.24, 2.45) is 0 Å². The van der Waals surface area contributed by atoms with Crippen LogP contribution in [0.25, 0.3) is 10.9 Å². The largest absolute Gasteiger partial charge is 0.323 e. The first-order chi connectivity index (χ1) is 13.0. The van der Waals surface area contributed by atoms with E-state index in [1.54, 1.807) is 30.0 Å². The van der Waals surface area contributed by atoms with Crippen LogP contribution < -0.4 is 15.8 Å². The molecule has 3 rings (SSSR count). The Labute approximate surface area is 165 Å². The number of quaternary nitrogens is 1. The predicted molar refractivity (Wildman–Crippen MR) is 110 cm³/mol. The first-order valence-corrected chi connectivity index (χ1v) is 9.99. The van der Waals surface area contributed by atoms with Crippen LogP contribution in [-0.4, -0.2) is 35.7 Å². The molecule has 0 aliphatic heterocycles. The number of fused-ring (bicyclic) bond motifs is 1. The van der Waals surface area contributed by atoms with E-state index in [9.17, 15) is 9.59 Å². The molecule has 0 aliphatic carbocycles. The number of anilines is 1. The van der Waals surface area contributed by atoms with Crippen LogP contribution in [0.2, 0.25) is 5.02 Å². The first kappa shape index (κ1) is 19.4. The highest BCUT2D eigenvalue weighted by Crippen LogP contribution is 2.24. The molecule has 1 unspecified atom stereocenters. The fourth-order valence-corrected chi connectivity index (χ4v) is 3.53. The molecule has 0 spiro atoms. The van der Waals surface area contributed by atoms with Crippen molar-refractivity contribution in [3.8, 4) is 0 Å². The summed E-state index contributed by atoms with van der Waals surface area (Å²) in [6.45, 7) is 0.662. The number of para-hydroxylation sites is 1. The number of H-pyrrole nitrogens is 1. The number of carbonyl (C=O) groups excluding carboxylic acids is 1. The predicted octanol–water partition coefficient (Wildman–Crippen LogP) is 1.95. The van der Waals surface area contributed by atoms with Gasteiger partial charge in [-0.05, 0) is 36.6 Å². The molecule has 1 atom stereocenters. The van der Waals surface area contributed by atoms with Gasteiger partial charge in [0.25, 0.3) is 11.5 Å². The Morgan fingerprint density at radius 2 is 2.07 bits per heavy atom. The van der Waals surface area contributed by atoms with E-state index >= 15 is 0 Å². The number of nitrogens with one attached hydrogen (secondary N) is 3. The zero-order valence-electron chi connectivity index (χ0n) is 15.0. The number of thioether (sulfide) groups is 1. The molecule has 27 heavy (non-hydrogen) atoms. The average molecular weight is 404 g/mol. The molecule has 140 valence electrons. The Hall–Kier alpha value is -2.35. The molecule has 0 aliphatic rings. The fraction of sp³-hybridized carbons (Fsp3) is 0.211. The normalized spacial score (nSPS) is 12.1. The van der Waals surface area contributed by atoms with E-state index in [-0.39, 0.29) is 18.0 Å². The molecule has 0 fully saturated rings. The van der Waals surface area contributed by atoms with Crippen LogP contribution in [0.1, 0.15) is 5.82 Å². The maximum atomic E-state index is 12.4. The summed E-state index contributed by atoms with van der Waals surface area (Å²) in [4.78, 5) is 33.7. The quantitative estimate of drug-likeness (QED) is 0.550. The third-order valence-electron chi connectivity index (χ3n) is 4.03. The summed E-state index contributed by atoms with van der Waals surface area (Å²) in [6.07, 6.45) is 1.97. The molecule has 0 saturated carbocycles. The number of hydrogen-bond acceptors (Lipinski definition) is 4. The number of benzene rings is 2. The van der Waals surface area contributed by atoms with E-state index in [1.807, 2.05) is 37.6 Å². The molecule has 1 aromatic heterocycles. The highest BCUT2D eigenvalue weighted by atomic mass is 35.5. The number of halogens is 1. The number of nitrogens with zero attached hydrogens (tertiary/aromatic N) is 1. The van der Waals surface area contributed by atoms with Gasteiger partial charge in [0, 0.05) is 9.92 Å². The summed E-state index contributed by atoms with van der Waals surface area (Å²) < 4.78 is 0. The highest BCUT2D eigenvalue weighted by Gasteiger charge is 2.14. The third-order valence-corrected chi connectivity index (χ3v) is 5.06. The zero-order valence-corrected chi connectivity index (χ0v) is 16.6. The molecule has 2 aromatic carbocycles. The van der Waals surface area contributed by atoms with E-state index < -0.39 is 0 Å². The number of carbonyl (C=O) groups is 1. The van der Waals surface area contributed by atoms with E-state index in [0.717, 1.165) is 15.5 Å². The minimum Gasteiger partial charge on any atom is -0.323 e. The third kappa shape index (κ3) is 4.88. The lowest BCUT2D eigenvalue weighted by Crippen LogP contribution is -3.08. The molecule has 0 radical (unpaired) electrons. The maximum absolute atomic E-state index is 12.4. The second kappa shape index (κ2) is 8.56. The smallest absolute Gasteiger partial charge is 0.279 e. The number of aromatic nitrogens is 2. The van der Waals surface area contributed by atoms with Gasteiger partial charge in [0.1, 0.15) is 6.54 Å². The van der Waals surface area contributed by atoms with Gasteiger partial charge in [0.05, 0.1) is 23.6 Å². The SMILES string of the molecule is CSc1ccccc1NC(=O)C[NH+](C)Cc1nc2cc(Cl)ccc2c(=O)[nH]1. The lowest BCUT2D eigenvalue weighted by Gasteiger charge is -2.14. The minimum absolute atomic E-state index is 0.0971. The number of aromatic amines is 1. The van der Waals surface area contributed by atoms with Gasteiger partial charge in [0.15, 0.2) is 12.4 Å². The van der Waals surface area contributed by atoms with Crippen LogP contribution in [-0.2, 0) is 11.3 Å². The highest BCUT2D eigenvalue weighted by molar-refractivity contribution is 7.98. The maximum Gasteiger partial charge on any atom is 0.279 e. The molecule has 3 N–H and O–H groups in total. The van der Waals surface area contributed by atoms with Gasteiger partial charge < -0.3 is 15.2 Å². The van der Waals surface area contributed by atoms with Gasteiger partial charge in [-0.1, -0.05) is 23.7 Å². The Morgan fingerprint density at radius 1 is 1.30 bits per heavy atom. The van der Waals surface area contributed by atoms with Crippen molar-refractivity contribution in [2.45, 2.75) is 11.4 Å². The topological polar surface area (TPSA) is 79.3 Å². The minimum atomic E-state index is -0.210. The van der Waals surface area contributed by atoms with E-state index in [1.165, 1.54) is 0 Å². The van der Waals surface area contributed by atoms with Crippen molar-refractivity contribution >= 4 is 45.9 Å². The Kier molecular flexibility index (Phi) is 6.15. The van der Waals surface area contributed by atoms with Gasteiger partial charge in [-0.25, -0.2) is 4.98 Å². The summed E-state index contributed by atoms with van der Waals surface area (Å²) in [6, 6.07) is 12.6. The van der Waals surface area contributed by atoms with E-state index in [4.69, 9.17) is 11.6 Å². The molecule has 0 bridgehead atoms. The van der Waals surface area contributed by atoms with Crippen LogP contribution in [0, 0.1) is 0 Å². The Balaban J connectivity index is 1.68. The summed E-state index contributed by atoms with van der Waals surface area (Å²) in [5, 5.41) is 3.96. The number of rotatable bonds is 6. The van der Waals surface area contributed by atoms with Gasteiger partial charge in [-0.15, -0.1) is 11.8 Å². The first-order valence-electron chi connectivity index (χ1n) is 8.39. The van der Waals surface area contributed by atoms with Crippen LogP contribution in [0.4, 0.5) is 5.69 Å². The number of amides is 1. The van der Waals surface area contributed by atoms with Gasteiger partial charge in [0.2, 0.25) is 0 Å². The van der Waals surface area contributed by atoms with Crippen LogP contribution in [0.5, 0.6) is 0 Å². The molecule has 3 aromatic rings. The molecule has 1 amide bonds. The van der Waals surface area contributed by atoms with Gasteiger partial charge in [-0.3, -0.25) is 9.59 Å². The molecule has 0 saturated heterocycles. The van der Waals surface area contributed by atoms with Gasteiger partial charge >= 0.3 is 0 Å². The number of likely N-dealkylation sites (N-methyl/N-ethyl adjacent to an activating group) is 1. The monoisotopic (exact) mass is 403 g/mol. The molecule has 8 heteroatoms. The molecular formula is C19H20ClN4O2S+.